The molecule has 3 rings (SSSR count). The highest BCUT2D eigenvalue weighted by atomic mass is 79.9. The van der Waals surface area contributed by atoms with Gasteiger partial charge in [0.1, 0.15) is 0 Å². The quantitative estimate of drug-likeness (QED) is 0.796. The first-order chi connectivity index (χ1) is 9.87. The first-order valence-electron chi connectivity index (χ1n) is 7.09. The van der Waals surface area contributed by atoms with Gasteiger partial charge in [-0.1, -0.05) is 13.8 Å². The van der Waals surface area contributed by atoms with E-state index in [9.17, 15) is 9.90 Å². The van der Waals surface area contributed by atoms with E-state index in [1.165, 1.54) is 0 Å². The molecular weight excluding hydrogens is 352 g/mol. The van der Waals surface area contributed by atoms with Gasteiger partial charge in [-0.2, -0.15) is 11.8 Å². The lowest BCUT2D eigenvalue weighted by Crippen LogP contribution is -2.27. The Morgan fingerprint density at radius 3 is 2.95 bits per heavy atom. The average Bonchev–Trinajstić information content (AvgIpc) is 2.59. The van der Waals surface area contributed by atoms with Gasteiger partial charge in [-0.25, -0.2) is 0 Å². The molecule has 0 aromatic heterocycles. The van der Waals surface area contributed by atoms with Gasteiger partial charge >= 0.3 is 0 Å². The monoisotopic (exact) mass is 370 g/mol. The number of aliphatic hydroxyl groups is 1. The Labute approximate surface area is 137 Å². The van der Waals surface area contributed by atoms with E-state index in [1.807, 2.05) is 23.9 Å². The van der Waals surface area contributed by atoms with E-state index in [-0.39, 0.29) is 5.91 Å². The van der Waals surface area contributed by atoms with E-state index in [0.717, 1.165) is 41.1 Å². The smallest absolute Gasteiger partial charge is 0.257 e. The molecule has 0 aliphatic carbocycles. The third-order valence-corrected chi connectivity index (χ3v) is 6.11. The number of anilines is 2. The highest BCUT2D eigenvalue weighted by molar-refractivity contribution is 9.10. The number of carbonyl (C=O) groups is 1. The van der Waals surface area contributed by atoms with Crippen LogP contribution in [0.15, 0.2) is 16.6 Å². The van der Waals surface area contributed by atoms with Crippen LogP contribution in [0.25, 0.3) is 0 Å². The van der Waals surface area contributed by atoms with Crippen LogP contribution in [0.2, 0.25) is 0 Å². The molecule has 6 heteroatoms. The van der Waals surface area contributed by atoms with E-state index in [4.69, 9.17) is 0 Å². The minimum absolute atomic E-state index is 0.308. The molecule has 1 saturated heterocycles. The highest BCUT2D eigenvalue weighted by Crippen LogP contribution is 2.40. The Hall–Kier alpha value is -0.720. The zero-order chi connectivity index (χ0) is 15.2. The SMILES string of the molecule is CC1(C)CCN(c2cc3c(cc2Br)C(O)C(=O)N3)CCS1. The Kier molecular flexibility index (Phi) is 3.96. The van der Waals surface area contributed by atoms with Crippen molar-refractivity contribution in [1.82, 2.24) is 0 Å². The summed E-state index contributed by atoms with van der Waals surface area (Å²) in [5.74, 6) is 0.743. The molecule has 2 heterocycles. The van der Waals surface area contributed by atoms with Crippen LogP contribution in [0.5, 0.6) is 0 Å². The van der Waals surface area contributed by atoms with Crippen molar-refractivity contribution in [2.45, 2.75) is 31.1 Å². The maximum atomic E-state index is 11.6. The summed E-state index contributed by atoms with van der Waals surface area (Å²) in [5.41, 5.74) is 2.46. The molecule has 0 bridgehead atoms. The molecule has 21 heavy (non-hydrogen) atoms. The van der Waals surface area contributed by atoms with Crippen LogP contribution in [0.3, 0.4) is 0 Å². The summed E-state index contributed by atoms with van der Waals surface area (Å²) < 4.78 is 1.24. The standard InChI is InChI=1S/C15H19BrN2O2S/c1-15(2)3-4-18(5-6-21-15)12-8-11-9(7-10(12)16)13(19)14(20)17-11/h7-8,13,19H,3-6H2,1-2H3,(H,17,20). The second-order valence-electron chi connectivity index (χ2n) is 6.13. The van der Waals surface area contributed by atoms with Crippen LogP contribution in [-0.2, 0) is 4.79 Å². The summed E-state index contributed by atoms with van der Waals surface area (Å²) in [5, 5.41) is 12.6. The number of rotatable bonds is 1. The number of carbonyl (C=O) groups excluding carboxylic acids is 1. The molecule has 1 fully saturated rings. The third-order valence-electron chi connectivity index (χ3n) is 4.10. The van der Waals surface area contributed by atoms with Gasteiger partial charge < -0.3 is 15.3 Å². The lowest BCUT2D eigenvalue weighted by Gasteiger charge is -2.26. The molecule has 0 saturated carbocycles. The van der Waals surface area contributed by atoms with Crippen molar-refractivity contribution in [1.29, 1.82) is 0 Å². The highest BCUT2D eigenvalue weighted by Gasteiger charge is 2.31. The maximum Gasteiger partial charge on any atom is 0.257 e. The molecule has 2 N–H and O–H groups in total. The Balaban J connectivity index is 1.90. The molecule has 0 radical (unpaired) electrons. The summed E-state index contributed by atoms with van der Waals surface area (Å²) in [6.45, 7) is 6.56. The van der Waals surface area contributed by atoms with Crippen molar-refractivity contribution in [3.63, 3.8) is 0 Å². The van der Waals surface area contributed by atoms with Gasteiger partial charge in [0.05, 0.1) is 5.69 Å². The van der Waals surface area contributed by atoms with Crippen LogP contribution in [-0.4, -0.2) is 34.6 Å². The van der Waals surface area contributed by atoms with Gasteiger partial charge in [-0.05, 0) is 34.5 Å². The summed E-state index contributed by atoms with van der Waals surface area (Å²) in [7, 11) is 0. The van der Waals surface area contributed by atoms with Crippen molar-refractivity contribution in [3.05, 3.63) is 22.2 Å². The van der Waals surface area contributed by atoms with E-state index in [1.54, 1.807) is 0 Å². The number of aliphatic hydroxyl groups excluding tert-OH is 1. The minimum Gasteiger partial charge on any atom is -0.378 e. The van der Waals surface area contributed by atoms with Crippen LogP contribution in [0.1, 0.15) is 31.9 Å². The molecule has 1 aromatic carbocycles. The Morgan fingerprint density at radius 2 is 2.19 bits per heavy atom. The largest absolute Gasteiger partial charge is 0.378 e. The van der Waals surface area contributed by atoms with Crippen LogP contribution in [0.4, 0.5) is 11.4 Å². The number of nitrogens with zero attached hydrogens (tertiary/aromatic N) is 1. The summed E-state index contributed by atoms with van der Waals surface area (Å²) in [4.78, 5) is 13.9. The van der Waals surface area contributed by atoms with Crippen molar-refractivity contribution in [3.8, 4) is 0 Å². The topological polar surface area (TPSA) is 52.6 Å². The van der Waals surface area contributed by atoms with Crippen molar-refractivity contribution in [2.75, 3.05) is 29.1 Å². The predicted molar refractivity (Wildman–Crippen MR) is 91.1 cm³/mol. The molecule has 0 spiro atoms. The normalized spacial score (nSPS) is 24.5. The number of hydrogen-bond donors (Lipinski definition) is 2. The number of amides is 1. The van der Waals surface area contributed by atoms with Crippen LogP contribution < -0.4 is 10.2 Å². The molecular formula is C15H19BrN2O2S. The molecule has 2 aliphatic heterocycles. The molecule has 1 amide bonds. The fourth-order valence-electron chi connectivity index (χ4n) is 2.76. The number of benzene rings is 1. The minimum atomic E-state index is -1.05. The van der Waals surface area contributed by atoms with E-state index < -0.39 is 6.10 Å². The fraction of sp³-hybridized carbons (Fsp3) is 0.533. The fourth-order valence-corrected chi connectivity index (χ4v) is 4.47. The van der Waals surface area contributed by atoms with Crippen LogP contribution >= 0.6 is 27.7 Å². The maximum absolute atomic E-state index is 11.6. The van der Waals surface area contributed by atoms with Gasteiger partial charge in [0.15, 0.2) is 6.10 Å². The first-order valence-corrected chi connectivity index (χ1v) is 8.86. The van der Waals surface area contributed by atoms with Gasteiger partial charge in [0.25, 0.3) is 5.91 Å². The lowest BCUT2D eigenvalue weighted by atomic mass is 10.1. The Morgan fingerprint density at radius 1 is 1.43 bits per heavy atom. The molecule has 114 valence electrons. The number of nitrogens with one attached hydrogen (secondary N) is 1. The second-order valence-corrected chi connectivity index (χ2v) is 8.78. The second kappa shape index (κ2) is 5.48. The van der Waals surface area contributed by atoms with E-state index >= 15 is 0 Å². The lowest BCUT2D eigenvalue weighted by molar-refractivity contribution is -0.123. The predicted octanol–water partition coefficient (Wildman–Crippen LogP) is 3.16. The van der Waals surface area contributed by atoms with Gasteiger partial charge in [0.2, 0.25) is 0 Å². The van der Waals surface area contributed by atoms with Gasteiger partial charge in [-0.3, -0.25) is 4.79 Å². The summed E-state index contributed by atoms with van der Waals surface area (Å²) >= 11 is 5.59. The third kappa shape index (κ3) is 2.94. The first kappa shape index (κ1) is 15.2. The average molecular weight is 371 g/mol. The number of halogens is 1. The van der Waals surface area contributed by atoms with Gasteiger partial charge in [0, 0.05) is 39.3 Å². The van der Waals surface area contributed by atoms with Crippen LogP contribution in [0, 0.1) is 0 Å². The molecule has 1 aromatic rings. The zero-order valence-electron chi connectivity index (χ0n) is 12.1. The molecule has 1 atom stereocenters. The van der Waals surface area contributed by atoms with Crippen molar-refractivity contribution < 1.29 is 9.90 Å². The molecule has 4 nitrogen and oxygen atoms in total. The zero-order valence-corrected chi connectivity index (χ0v) is 14.6. The number of thioether (sulfide) groups is 1. The van der Waals surface area contributed by atoms with Crippen molar-refractivity contribution >= 4 is 45.0 Å². The number of hydrogen-bond acceptors (Lipinski definition) is 4. The molecule has 1 unspecified atom stereocenters. The van der Waals surface area contributed by atoms with E-state index in [2.05, 4.69) is 40.0 Å². The number of fused-ring (bicyclic) bond motifs is 1. The van der Waals surface area contributed by atoms with E-state index in [0.29, 0.717) is 10.3 Å². The Bertz CT molecular complexity index is 591. The summed E-state index contributed by atoms with van der Waals surface area (Å²) in [6.07, 6.45) is 0.0693. The van der Waals surface area contributed by atoms with Crippen molar-refractivity contribution in [2.24, 2.45) is 0 Å². The molecule has 2 aliphatic rings. The summed E-state index contributed by atoms with van der Waals surface area (Å²) in [6, 6.07) is 3.83. The van der Waals surface area contributed by atoms with Gasteiger partial charge in [-0.15, -0.1) is 0 Å².